The van der Waals surface area contributed by atoms with E-state index in [9.17, 15) is 9.59 Å². The van der Waals surface area contributed by atoms with Crippen molar-refractivity contribution >= 4 is 11.9 Å². The average molecular weight is 183 g/mol. The maximum atomic E-state index is 10.4. The quantitative estimate of drug-likeness (QED) is 0.603. The molecule has 3 N–H and O–H groups in total. The summed E-state index contributed by atoms with van der Waals surface area (Å²) in [6.45, 7) is 0. The lowest BCUT2D eigenvalue weighted by molar-refractivity contribution is 0.0690. The number of nitrogens with zero attached hydrogens (tertiary/aromatic N) is 1. The third kappa shape index (κ3) is 1.73. The second-order valence-electron chi connectivity index (χ2n) is 2.20. The van der Waals surface area contributed by atoms with Crippen LogP contribution in [0.15, 0.2) is 12.3 Å². The zero-order valence-electron chi connectivity index (χ0n) is 6.26. The number of carboxylic acids is 2. The fraction of sp³-hybridized carbons (Fsp3) is 0. The molecule has 0 aliphatic carbocycles. The third-order valence-corrected chi connectivity index (χ3v) is 1.33. The van der Waals surface area contributed by atoms with E-state index in [2.05, 4.69) is 4.98 Å². The maximum Gasteiger partial charge on any atom is 0.354 e. The van der Waals surface area contributed by atoms with Crippen LogP contribution in [0.1, 0.15) is 20.8 Å². The molecule has 0 fully saturated rings. The first-order valence-corrected chi connectivity index (χ1v) is 3.18. The Morgan fingerprint density at radius 2 is 1.85 bits per heavy atom. The fourth-order valence-corrected chi connectivity index (χ4v) is 0.736. The van der Waals surface area contributed by atoms with Gasteiger partial charge in [0.15, 0.2) is 0 Å². The predicted octanol–water partition coefficient (Wildman–Crippen LogP) is 0.184. The Balaban J connectivity index is 3.27. The Hall–Kier alpha value is -2.11. The summed E-state index contributed by atoms with van der Waals surface area (Å²) in [4.78, 5) is 24.1. The highest BCUT2D eigenvalue weighted by atomic mass is 16.4. The Morgan fingerprint density at radius 1 is 1.23 bits per heavy atom. The highest BCUT2D eigenvalue weighted by Gasteiger charge is 2.14. The molecule has 0 atom stereocenters. The summed E-state index contributed by atoms with van der Waals surface area (Å²) in [7, 11) is 0. The summed E-state index contributed by atoms with van der Waals surface area (Å²) in [5.74, 6) is -3.30. The lowest BCUT2D eigenvalue weighted by Gasteiger charge is -1.99. The van der Waals surface area contributed by atoms with Gasteiger partial charge in [0.2, 0.25) is 0 Å². The summed E-state index contributed by atoms with van der Waals surface area (Å²) in [6, 6.07) is 0.792. The average Bonchev–Trinajstić information content (AvgIpc) is 2.04. The summed E-state index contributed by atoms with van der Waals surface area (Å²) in [5.41, 5.74) is -0.900. The number of aromatic nitrogens is 1. The molecule has 0 saturated heterocycles. The van der Waals surface area contributed by atoms with Gasteiger partial charge in [-0.05, 0) is 6.07 Å². The number of carboxylic acid groups (broad SMARTS) is 2. The molecule has 1 aromatic rings. The maximum absolute atomic E-state index is 10.4. The van der Waals surface area contributed by atoms with Gasteiger partial charge in [0.05, 0.1) is 6.20 Å². The summed E-state index contributed by atoms with van der Waals surface area (Å²) in [5, 5.41) is 25.9. The van der Waals surface area contributed by atoms with Crippen molar-refractivity contribution < 1.29 is 24.9 Å². The molecule has 0 radical (unpaired) electrons. The SMILES string of the molecule is O=C(O)c1cc(C(=O)O)c(O)cn1. The Morgan fingerprint density at radius 3 is 2.31 bits per heavy atom. The van der Waals surface area contributed by atoms with Crippen LogP contribution in [-0.2, 0) is 0 Å². The van der Waals surface area contributed by atoms with E-state index in [1.807, 2.05) is 0 Å². The molecule has 0 amide bonds. The molecule has 0 saturated carbocycles. The number of rotatable bonds is 2. The van der Waals surface area contributed by atoms with Crippen LogP contribution in [-0.4, -0.2) is 32.2 Å². The molecule has 6 heteroatoms. The van der Waals surface area contributed by atoms with E-state index in [-0.39, 0.29) is 0 Å². The number of hydrogen-bond donors (Lipinski definition) is 3. The molecule has 0 aliphatic rings. The summed E-state index contributed by atoms with van der Waals surface area (Å²) in [6.07, 6.45) is 0.785. The van der Waals surface area contributed by atoms with Gasteiger partial charge in [0.1, 0.15) is 17.0 Å². The molecule has 0 bridgehead atoms. The van der Waals surface area contributed by atoms with Crippen molar-refractivity contribution in [1.82, 2.24) is 4.98 Å². The van der Waals surface area contributed by atoms with E-state index in [0.29, 0.717) is 0 Å². The highest BCUT2D eigenvalue weighted by Crippen LogP contribution is 2.15. The monoisotopic (exact) mass is 183 g/mol. The molecule has 0 aromatic carbocycles. The second kappa shape index (κ2) is 3.10. The number of aromatic hydroxyl groups is 1. The minimum Gasteiger partial charge on any atom is -0.505 e. The lowest BCUT2D eigenvalue weighted by atomic mass is 10.2. The van der Waals surface area contributed by atoms with Crippen molar-refractivity contribution in [2.45, 2.75) is 0 Å². The van der Waals surface area contributed by atoms with Gasteiger partial charge in [-0.25, -0.2) is 14.6 Å². The third-order valence-electron chi connectivity index (χ3n) is 1.33. The van der Waals surface area contributed by atoms with Crippen LogP contribution in [0, 0.1) is 0 Å². The van der Waals surface area contributed by atoms with E-state index in [1.165, 1.54) is 0 Å². The minimum absolute atomic E-state index is 0.421. The molecule has 6 nitrogen and oxygen atoms in total. The van der Waals surface area contributed by atoms with Gasteiger partial charge in [0.25, 0.3) is 0 Å². The van der Waals surface area contributed by atoms with Crippen LogP contribution >= 0.6 is 0 Å². The van der Waals surface area contributed by atoms with Crippen LogP contribution in [0.3, 0.4) is 0 Å². The molecule has 1 aromatic heterocycles. The summed E-state index contributed by atoms with van der Waals surface area (Å²) < 4.78 is 0. The first-order chi connectivity index (χ1) is 6.02. The number of hydrogen-bond acceptors (Lipinski definition) is 4. The molecule has 0 aliphatic heterocycles. The van der Waals surface area contributed by atoms with Crippen molar-refractivity contribution in [3.63, 3.8) is 0 Å². The van der Waals surface area contributed by atoms with Crippen LogP contribution in [0.25, 0.3) is 0 Å². The van der Waals surface area contributed by atoms with Crippen molar-refractivity contribution in [2.24, 2.45) is 0 Å². The van der Waals surface area contributed by atoms with Gasteiger partial charge in [0, 0.05) is 0 Å². The standard InChI is InChI=1S/C7H5NO5/c9-5-2-8-4(7(12)13)1-3(5)6(10)11/h1-2,9H,(H,10,11)(H,12,13). The smallest absolute Gasteiger partial charge is 0.354 e. The number of carbonyl (C=O) groups is 2. The first-order valence-electron chi connectivity index (χ1n) is 3.18. The molecule has 1 rings (SSSR count). The Labute approximate surface area is 72.1 Å². The molecule has 68 valence electrons. The van der Waals surface area contributed by atoms with Gasteiger partial charge >= 0.3 is 11.9 Å². The Kier molecular flexibility index (Phi) is 2.14. The largest absolute Gasteiger partial charge is 0.505 e. The van der Waals surface area contributed by atoms with Crippen LogP contribution in [0.5, 0.6) is 5.75 Å². The number of pyridine rings is 1. The topological polar surface area (TPSA) is 108 Å². The van der Waals surface area contributed by atoms with E-state index >= 15 is 0 Å². The molecule has 1 heterocycles. The lowest BCUT2D eigenvalue weighted by Crippen LogP contribution is -2.04. The predicted molar refractivity (Wildman–Crippen MR) is 39.8 cm³/mol. The van der Waals surface area contributed by atoms with Gasteiger partial charge in [-0.1, -0.05) is 0 Å². The van der Waals surface area contributed by atoms with Gasteiger partial charge in [-0.2, -0.15) is 0 Å². The van der Waals surface area contributed by atoms with Gasteiger partial charge in [-0.15, -0.1) is 0 Å². The van der Waals surface area contributed by atoms with E-state index in [1.54, 1.807) is 0 Å². The minimum atomic E-state index is -1.40. The molecule has 0 spiro atoms. The molecular weight excluding hydrogens is 178 g/mol. The zero-order valence-corrected chi connectivity index (χ0v) is 6.26. The van der Waals surface area contributed by atoms with Crippen molar-refractivity contribution in [1.29, 1.82) is 0 Å². The number of aromatic carboxylic acids is 2. The van der Waals surface area contributed by atoms with Crippen molar-refractivity contribution in [2.75, 3.05) is 0 Å². The van der Waals surface area contributed by atoms with Crippen LogP contribution in [0.2, 0.25) is 0 Å². The van der Waals surface area contributed by atoms with E-state index in [4.69, 9.17) is 15.3 Å². The normalized spacial score (nSPS) is 9.54. The first kappa shape index (κ1) is 8.98. The van der Waals surface area contributed by atoms with Crippen LogP contribution in [0.4, 0.5) is 0 Å². The van der Waals surface area contributed by atoms with Crippen molar-refractivity contribution in [3.05, 3.63) is 23.5 Å². The van der Waals surface area contributed by atoms with Gasteiger partial charge < -0.3 is 15.3 Å². The highest BCUT2D eigenvalue weighted by molar-refractivity contribution is 5.94. The van der Waals surface area contributed by atoms with Crippen molar-refractivity contribution in [3.8, 4) is 5.75 Å². The van der Waals surface area contributed by atoms with Crippen LogP contribution < -0.4 is 0 Å². The second-order valence-corrected chi connectivity index (χ2v) is 2.20. The van der Waals surface area contributed by atoms with E-state index < -0.39 is 28.9 Å². The molecule has 0 unspecified atom stereocenters. The summed E-state index contributed by atoms with van der Waals surface area (Å²) >= 11 is 0. The molecule has 13 heavy (non-hydrogen) atoms. The zero-order chi connectivity index (χ0) is 10.0. The van der Waals surface area contributed by atoms with E-state index in [0.717, 1.165) is 12.3 Å². The van der Waals surface area contributed by atoms with Gasteiger partial charge in [-0.3, -0.25) is 0 Å². The fourth-order valence-electron chi connectivity index (χ4n) is 0.736. The molecular formula is C7H5NO5. The Bertz CT molecular complexity index is 373.